The van der Waals surface area contributed by atoms with E-state index in [2.05, 4.69) is 5.32 Å². The number of rotatable bonds is 4. The third-order valence-electron chi connectivity index (χ3n) is 5.45. The maximum atomic E-state index is 13.7. The summed E-state index contributed by atoms with van der Waals surface area (Å²) in [6, 6.07) is 22.5. The van der Waals surface area contributed by atoms with Crippen molar-refractivity contribution in [1.82, 2.24) is 4.40 Å². The molecule has 0 bridgehead atoms. The molecule has 1 N–H and O–H groups in total. The van der Waals surface area contributed by atoms with Crippen molar-refractivity contribution < 1.29 is 14.3 Å². The molecule has 1 aliphatic rings. The Kier molecular flexibility index (Phi) is 5.19. The van der Waals surface area contributed by atoms with Crippen LogP contribution in [-0.2, 0) is 19.1 Å². The van der Waals surface area contributed by atoms with Gasteiger partial charge in [-0.1, -0.05) is 53.7 Å². The number of para-hydroxylation sites is 1. The molecule has 2 aromatic carbocycles. The molecule has 0 saturated carbocycles. The van der Waals surface area contributed by atoms with Crippen LogP contribution >= 0.6 is 23.4 Å². The molecule has 1 amide bonds. The topological polar surface area (TPSA) is 59.8 Å². The number of nitrogens with one attached hydrogen (secondary N) is 1. The van der Waals surface area contributed by atoms with Gasteiger partial charge in [-0.2, -0.15) is 0 Å². The Balaban J connectivity index is 1.84. The number of fused-ring (bicyclic) bond motifs is 2. The predicted octanol–water partition coefficient (Wildman–Crippen LogP) is 5.76. The Morgan fingerprint density at radius 1 is 1.09 bits per heavy atom. The molecule has 7 heteroatoms. The lowest BCUT2D eigenvalue weighted by atomic mass is 9.95. The molecule has 0 radical (unpaired) electrons. The van der Waals surface area contributed by atoms with Gasteiger partial charge >= 0.3 is 5.97 Å². The van der Waals surface area contributed by atoms with Crippen LogP contribution < -0.4 is 5.32 Å². The summed E-state index contributed by atoms with van der Waals surface area (Å²) in [4.78, 5) is 28.1. The van der Waals surface area contributed by atoms with Gasteiger partial charge in [-0.05, 0) is 55.0 Å². The average molecular weight is 463 g/mol. The lowest BCUT2D eigenvalue weighted by molar-refractivity contribution is -0.149. The first-order valence-corrected chi connectivity index (χ1v) is 11.4. The monoisotopic (exact) mass is 462 g/mol. The second-order valence-electron chi connectivity index (χ2n) is 7.36. The van der Waals surface area contributed by atoms with E-state index in [9.17, 15) is 9.59 Å². The highest BCUT2D eigenvalue weighted by Crippen LogP contribution is 2.52. The van der Waals surface area contributed by atoms with Gasteiger partial charge in [0, 0.05) is 27.2 Å². The van der Waals surface area contributed by atoms with Crippen LogP contribution in [0.25, 0.3) is 16.6 Å². The fourth-order valence-corrected chi connectivity index (χ4v) is 5.45. The zero-order chi connectivity index (χ0) is 22.3. The van der Waals surface area contributed by atoms with Crippen LogP contribution in [0.3, 0.4) is 0 Å². The number of esters is 1. The number of carbonyl (C=O) groups is 2. The van der Waals surface area contributed by atoms with Crippen LogP contribution in [0, 0.1) is 0 Å². The zero-order valence-electron chi connectivity index (χ0n) is 17.2. The van der Waals surface area contributed by atoms with E-state index < -0.39 is 16.6 Å². The highest BCUT2D eigenvalue weighted by Gasteiger charge is 2.56. The molecule has 32 heavy (non-hydrogen) atoms. The van der Waals surface area contributed by atoms with Gasteiger partial charge in [0.15, 0.2) is 0 Å². The van der Waals surface area contributed by atoms with E-state index in [1.807, 2.05) is 71.3 Å². The zero-order valence-corrected chi connectivity index (χ0v) is 18.7. The van der Waals surface area contributed by atoms with Crippen molar-refractivity contribution in [3.8, 4) is 11.1 Å². The van der Waals surface area contributed by atoms with Crippen LogP contribution in [0.4, 0.5) is 5.69 Å². The van der Waals surface area contributed by atoms with Gasteiger partial charge in [-0.25, -0.2) is 4.79 Å². The van der Waals surface area contributed by atoms with Gasteiger partial charge in [-0.15, -0.1) is 0 Å². The number of ether oxygens (including phenoxy) is 1. The summed E-state index contributed by atoms with van der Waals surface area (Å²) in [7, 11) is 0. The van der Waals surface area contributed by atoms with E-state index in [1.165, 1.54) is 11.8 Å². The molecule has 0 spiro atoms. The number of pyridine rings is 1. The fraction of sp³-hybridized carbons (Fsp3) is 0.120. The molecule has 2 aromatic heterocycles. The number of anilines is 1. The van der Waals surface area contributed by atoms with Crippen LogP contribution in [0.5, 0.6) is 0 Å². The minimum atomic E-state index is -1.63. The highest BCUT2D eigenvalue weighted by atomic mass is 35.5. The van der Waals surface area contributed by atoms with E-state index in [-0.39, 0.29) is 6.61 Å². The molecule has 1 atom stereocenters. The van der Waals surface area contributed by atoms with E-state index in [4.69, 9.17) is 16.3 Å². The summed E-state index contributed by atoms with van der Waals surface area (Å²) in [5.41, 5.74) is 3.71. The number of carbonyl (C=O) groups excluding carboxylic acids is 2. The standard InChI is InChI=1S/C25H19ClN2O3S/c1-2-31-24(30)25(23(29)27-20-8-3-4-9-21(20)32-25)22-19(16-10-12-17(26)13-11-16)15-18-7-5-6-14-28(18)22/h3-15H,2H2,1H3,(H,27,29)/t25-/m1/s1. The van der Waals surface area contributed by atoms with Gasteiger partial charge in [0.25, 0.3) is 5.91 Å². The smallest absolute Gasteiger partial charge is 0.338 e. The maximum Gasteiger partial charge on any atom is 0.338 e. The number of aromatic nitrogens is 1. The van der Waals surface area contributed by atoms with Crippen molar-refractivity contribution >= 4 is 46.4 Å². The molecular formula is C25H19ClN2O3S. The van der Waals surface area contributed by atoms with E-state index in [0.29, 0.717) is 16.4 Å². The lowest BCUT2D eigenvalue weighted by Gasteiger charge is -2.35. The maximum absolute atomic E-state index is 13.7. The number of nitrogens with zero attached hydrogens (tertiary/aromatic N) is 1. The molecule has 5 nitrogen and oxygen atoms in total. The van der Waals surface area contributed by atoms with E-state index in [1.54, 1.807) is 19.1 Å². The first-order chi connectivity index (χ1) is 15.5. The SMILES string of the molecule is CCOC(=O)[C@]1(c2c(-c3ccc(Cl)cc3)cc3ccccn23)Sc2ccccc2NC1=O. The Morgan fingerprint density at radius 2 is 1.84 bits per heavy atom. The van der Waals surface area contributed by atoms with Gasteiger partial charge in [-0.3, -0.25) is 4.79 Å². The van der Waals surface area contributed by atoms with E-state index >= 15 is 0 Å². The number of halogens is 1. The normalized spacial score (nSPS) is 17.6. The van der Waals surface area contributed by atoms with Crippen molar-refractivity contribution in [1.29, 1.82) is 0 Å². The first kappa shape index (κ1) is 20.7. The van der Waals surface area contributed by atoms with Crippen molar-refractivity contribution in [2.75, 3.05) is 11.9 Å². The molecule has 0 aliphatic carbocycles. The Morgan fingerprint density at radius 3 is 2.62 bits per heavy atom. The summed E-state index contributed by atoms with van der Waals surface area (Å²) in [6.45, 7) is 1.90. The molecule has 160 valence electrons. The number of benzene rings is 2. The molecule has 0 saturated heterocycles. The summed E-state index contributed by atoms with van der Waals surface area (Å²) < 4.78 is 5.76. The van der Waals surface area contributed by atoms with Crippen LogP contribution in [0.1, 0.15) is 12.6 Å². The number of amides is 1. The molecule has 4 aromatic rings. The number of thioether (sulfide) groups is 1. The number of hydrogen-bond donors (Lipinski definition) is 1. The fourth-order valence-electron chi connectivity index (χ4n) is 4.03. The van der Waals surface area contributed by atoms with Gasteiger partial charge in [0.2, 0.25) is 4.75 Å². The second-order valence-corrected chi connectivity index (χ2v) is 9.06. The predicted molar refractivity (Wildman–Crippen MR) is 127 cm³/mol. The first-order valence-electron chi connectivity index (χ1n) is 10.2. The molecule has 3 heterocycles. The van der Waals surface area contributed by atoms with Gasteiger partial charge in [0.1, 0.15) is 0 Å². The highest BCUT2D eigenvalue weighted by molar-refractivity contribution is 8.02. The summed E-state index contributed by atoms with van der Waals surface area (Å²) in [5.74, 6) is -1.03. The molecular weight excluding hydrogens is 444 g/mol. The van der Waals surface area contributed by atoms with Crippen LogP contribution in [0.2, 0.25) is 5.02 Å². The second kappa shape index (κ2) is 8.04. The largest absolute Gasteiger partial charge is 0.464 e. The lowest BCUT2D eigenvalue weighted by Crippen LogP contribution is -2.48. The Bertz CT molecular complexity index is 1350. The summed E-state index contributed by atoms with van der Waals surface area (Å²) in [5, 5.41) is 3.55. The third-order valence-corrected chi connectivity index (χ3v) is 7.13. The van der Waals surface area contributed by atoms with Gasteiger partial charge < -0.3 is 14.5 Å². The third kappa shape index (κ3) is 3.18. The van der Waals surface area contributed by atoms with Crippen molar-refractivity contribution in [2.24, 2.45) is 0 Å². The van der Waals surface area contributed by atoms with Crippen LogP contribution in [0.15, 0.2) is 83.9 Å². The average Bonchev–Trinajstić information content (AvgIpc) is 3.19. The molecule has 1 aliphatic heterocycles. The molecule has 0 fully saturated rings. The summed E-state index contributed by atoms with van der Waals surface area (Å²) in [6.07, 6.45) is 1.86. The van der Waals surface area contributed by atoms with Crippen molar-refractivity contribution in [3.63, 3.8) is 0 Å². The Hall–Kier alpha value is -3.22. The molecule has 5 rings (SSSR count). The van der Waals surface area contributed by atoms with E-state index in [0.717, 1.165) is 21.5 Å². The van der Waals surface area contributed by atoms with Crippen LogP contribution in [-0.4, -0.2) is 22.9 Å². The quantitative estimate of drug-likeness (QED) is 0.309. The minimum absolute atomic E-state index is 0.162. The number of hydrogen-bond acceptors (Lipinski definition) is 4. The van der Waals surface area contributed by atoms with Gasteiger partial charge in [0.05, 0.1) is 18.0 Å². The molecule has 0 unspecified atom stereocenters. The summed E-state index contributed by atoms with van der Waals surface area (Å²) >= 11 is 7.33. The Labute approximate surface area is 194 Å². The van der Waals surface area contributed by atoms with Crippen molar-refractivity contribution in [2.45, 2.75) is 16.6 Å². The minimum Gasteiger partial charge on any atom is -0.464 e. The van der Waals surface area contributed by atoms with Crippen molar-refractivity contribution in [3.05, 3.63) is 89.7 Å².